The van der Waals surface area contributed by atoms with E-state index in [4.69, 9.17) is 9.47 Å². The number of hydrogen-bond acceptors (Lipinski definition) is 5. The SMILES string of the molecule is O=C(OCCOc1c(I)cc(I)c(S(=O)(=O)O)c1I)C1CC2CCC1C2. The molecule has 2 fully saturated rings. The number of rotatable bonds is 6. The van der Waals surface area contributed by atoms with Crippen LogP contribution in [0, 0.1) is 28.5 Å². The molecule has 2 saturated carbocycles. The van der Waals surface area contributed by atoms with Gasteiger partial charge in [0, 0.05) is 3.57 Å². The van der Waals surface area contributed by atoms with E-state index in [1.54, 1.807) is 6.07 Å². The van der Waals surface area contributed by atoms with Crippen LogP contribution in [-0.2, 0) is 19.6 Å². The first-order valence-corrected chi connectivity index (χ1v) is 12.8. The first-order chi connectivity index (χ1) is 12.2. The minimum atomic E-state index is -4.35. The van der Waals surface area contributed by atoms with E-state index in [1.165, 1.54) is 6.42 Å². The predicted molar refractivity (Wildman–Crippen MR) is 120 cm³/mol. The molecule has 0 aliphatic heterocycles. The van der Waals surface area contributed by atoms with Crippen LogP contribution in [0.3, 0.4) is 0 Å². The molecule has 1 N–H and O–H groups in total. The standard InChI is InChI=1S/C16H17I3O6S/c17-11-7-12(18)15(26(21,22)23)13(19)14(11)24-3-4-25-16(20)10-6-8-1-2-9(10)5-8/h7-10H,1-6H2,(H,21,22,23). The quantitative estimate of drug-likeness (QED) is 0.207. The highest BCUT2D eigenvalue weighted by Gasteiger charge is 2.43. The molecule has 0 spiro atoms. The topological polar surface area (TPSA) is 89.9 Å². The summed E-state index contributed by atoms with van der Waals surface area (Å²) >= 11 is 5.75. The van der Waals surface area contributed by atoms with Gasteiger partial charge < -0.3 is 9.47 Å². The Morgan fingerprint density at radius 3 is 2.46 bits per heavy atom. The van der Waals surface area contributed by atoms with Crippen LogP contribution in [0.25, 0.3) is 0 Å². The van der Waals surface area contributed by atoms with E-state index < -0.39 is 10.1 Å². The predicted octanol–water partition coefficient (Wildman–Crippen LogP) is 4.11. The Labute approximate surface area is 193 Å². The molecule has 2 aliphatic rings. The average molecular weight is 718 g/mol. The van der Waals surface area contributed by atoms with E-state index in [0.29, 0.717) is 24.7 Å². The van der Waals surface area contributed by atoms with Crippen LogP contribution in [0.4, 0.5) is 0 Å². The Kier molecular flexibility index (Phi) is 6.99. The number of benzene rings is 1. The van der Waals surface area contributed by atoms with Crippen LogP contribution >= 0.6 is 67.8 Å². The highest BCUT2D eigenvalue weighted by atomic mass is 127. The Morgan fingerprint density at radius 1 is 1.15 bits per heavy atom. The summed E-state index contributed by atoms with van der Waals surface area (Å²) in [6.07, 6.45) is 4.44. The van der Waals surface area contributed by atoms with Crippen molar-refractivity contribution >= 4 is 83.9 Å². The zero-order valence-corrected chi connectivity index (χ0v) is 20.9. The van der Waals surface area contributed by atoms with Crippen molar-refractivity contribution in [3.05, 3.63) is 16.8 Å². The molecule has 3 unspecified atom stereocenters. The van der Waals surface area contributed by atoms with Crippen LogP contribution in [0.1, 0.15) is 25.7 Å². The molecule has 0 saturated heterocycles. The maximum atomic E-state index is 12.2. The number of ether oxygens (including phenoxy) is 2. The minimum Gasteiger partial charge on any atom is -0.488 e. The molecular formula is C16H17I3O6S. The van der Waals surface area contributed by atoms with Gasteiger partial charge in [0.25, 0.3) is 10.1 Å². The van der Waals surface area contributed by atoms with E-state index in [-0.39, 0.29) is 30.0 Å². The monoisotopic (exact) mass is 718 g/mol. The van der Waals surface area contributed by atoms with Gasteiger partial charge in [0.15, 0.2) is 0 Å². The lowest BCUT2D eigenvalue weighted by Crippen LogP contribution is -2.25. The number of carbonyl (C=O) groups excluding carboxylic acids is 1. The molecule has 0 amide bonds. The van der Waals surface area contributed by atoms with E-state index in [9.17, 15) is 17.8 Å². The van der Waals surface area contributed by atoms with Crippen molar-refractivity contribution in [3.8, 4) is 5.75 Å². The number of esters is 1. The molecule has 0 heterocycles. The summed E-state index contributed by atoms with van der Waals surface area (Å²) in [5.41, 5.74) is 0. The van der Waals surface area contributed by atoms with Crippen molar-refractivity contribution in [1.29, 1.82) is 0 Å². The second-order valence-corrected chi connectivity index (χ2v) is 11.3. The van der Waals surface area contributed by atoms with E-state index in [0.717, 1.165) is 22.8 Å². The van der Waals surface area contributed by atoms with Crippen molar-refractivity contribution < 1.29 is 27.2 Å². The first-order valence-electron chi connectivity index (χ1n) is 8.13. The van der Waals surface area contributed by atoms with Gasteiger partial charge in [-0.1, -0.05) is 6.42 Å². The molecule has 144 valence electrons. The zero-order valence-electron chi connectivity index (χ0n) is 13.6. The lowest BCUT2D eigenvalue weighted by molar-refractivity contribution is -0.151. The molecule has 26 heavy (non-hydrogen) atoms. The molecule has 3 rings (SSSR count). The van der Waals surface area contributed by atoms with Gasteiger partial charge in [-0.05, 0) is 105 Å². The summed E-state index contributed by atoms with van der Waals surface area (Å²) in [6.45, 7) is 0.246. The molecule has 2 bridgehead atoms. The number of carbonyl (C=O) groups is 1. The van der Waals surface area contributed by atoms with Crippen molar-refractivity contribution in [2.75, 3.05) is 13.2 Å². The van der Waals surface area contributed by atoms with Gasteiger partial charge in [-0.15, -0.1) is 0 Å². The summed E-state index contributed by atoms with van der Waals surface area (Å²) in [5, 5.41) is 0. The van der Waals surface area contributed by atoms with Crippen LogP contribution in [-0.4, -0.2) is 32.2 Å². The van der Waals surface area contributed by atoms with Crippen molar-refractivity contribution in [2.24, 2.45) is 17.8 Å². The molecule has 0 radical (unpaired) electrons. The van der Waals surface area contributed by atoms with Gasteiger partial charge >= 0.3 is 5.97 Å². The molecule has 10 heteroatoms. The van der Waals surface area contributed by atoms with Gasteiger partial charge in [0.05, 0.1) is 13.1 Å². The highest BCUT2D eigenvalue weighted by molar-refractivity contribution is 14.1. The maximum Gasteiger partial charge on any atom is 0.309 e. The normalized spacial score (nSPS) is 24.7. The zero-order chi connectivity index (χ0) is 19.1. The fourth-order valence-corrected chi connectivity index (χ4v) is 9.83. The van der Waals surface area contributed by atoms with Gasteiger partial charge in [-0.3, -0.25) is 9.35 Å². The molecule has 6 nitrogen and oxygen atoms in total. The highest BCUT2D eigenvalue weighted by Crippen LogP contribution is 2.48. The molecular weight excluding hydrogens is 701 g/mol. The molecule has 1 aromatic rings. The third-order valence-corrected chi connectivity index (χ3v) is 9.31. The van der Waals surface area contributed by atoms with Gasteiger partial charge in [0.1, 0.15) is 23.9 Å². The second-order valence-electron chi connectivity index (χ2n) is 6.58. The Bertz CT molecular complexity index is 826. The average Bonchev–Trinajstić information content (AvgIpc) is 3.14. The van der Waals surface area contributed by atoms with E-state index >= 15 is 0 Å². The van der Waals surface area contributed by atoms with Gasteiger partial charge in [0.2, 0.25) is 0 Å². The first kappa shape index (κ1) is 21.3. The van der Waals surface area contributed by atoms with E-state index in [2.05, 4.69) is 0 Å². The van der Waals surface area contributed by atoms with Crippen molar-refractivity contribution in [1.82, 2.24) is 0 Å². The van der Waals surface area contributed by atoms with Crippen LogP contribution in [0.5, 0.6) is 5.75 Å². The largest absolute Gasteiger partial charge is 0.488 e. The maximum absolute atomic E-state index is 12.2. The van der Waals surface area contributed by atoms with Crippen LogP contribution in [0.15, 0.2) is 11.0 Å². The fourth-order valence-electron chi connectivity index (χ4n) is 3.85. The summed E-state index contributed by atoms with van der Waals surface area (Å²) in [5.74, 6) is 1.41. The number of fused-ring (bicyclic) bond motifs is 2. The molecule has 1 aromatic carbocycles. The Hall–Kier alpha value is 0.590. The smallest absolute Gasteiger partial charge is 0.309 e. The Balaban J connectivity index is 1.59. The molecule has 2 aliphatic carbocycles. The van der Waals surface area contributed by atoms with Crippen molar-refractivity contribution in [2.45, 2.75) is 30.6 Å². The third-order valence-electron chi connectivity index (χ3n) is 4.96. The van der Waals surface area contributed by atoms with E-state index in [1.807, 2.05) is 67.8 Å². The lowest BCUT2D eigenvalue weighted by atomic mass is 9.89. The van der Waals surface area contributed by atoms with Gasteiger partial charge in [-0.25, -0.2) is 0 Å². The van der Waals surface area contributed by atoms with Crippen molar-refractivity contribution in [3.63, 3.8) is 0 Å². The minimum absolute atomic E-state index is 0.0264. The summed E-state index contributed by atoms with van der Waals surface area (Å²) in [6, 6.07) is 1.63. The van der Waals surface area contributed by atoms with Crippen LogP contribution in [0.2, 0.25) is 0 Å². The Morgan fingerprint density at radius 2 is 1.88 bits per heavy atom. The second kappa shape index (κ2) is 8.53. The van der Waals surface area contributed by atoms with Gasteiger partial charge in [-0.2, -0.15) is 8.42 Å². The number of hydrogen-bond donors (Lipinski definition) is 1. The third kappa shape index (κ3) is 4.59. The molecule has 0 aromatic heterocycles. The number of halogens is 3. The summed E-state index contributed by atoms with van der Waals surface area (Å²) in [4.78, 5) is 12.1. The van der Waals surface area contributed by atoms with Crippen LogP contribution < -0.4 is 4.74 Å². The summed E-state index contributed by atoms with van der Waals surface area (Å²) < 4.78 is 45.1. The molecule has 3 atom stereocenters. The fraction of sp³-hybridized carbons (Fsp3) is 0.562. The lowest BCUT2D eigenvalue weighted by Gasteiger charge is -2.20. The summed E-state index contributed by atoms with van der Waals surface area (Å²) in [7, 11) is -4.35.